The van der Waals surface area contributed by atoms with E-state index < -0.39 is 0 Å². The second-order valence-electron chi connectivity index (χ2n) is 9.72. The summed E-state index contributed by atoms with van der Waals surface area (Å²) in [6, 6.07) is 6.79. The lowest BCUT2D eigenvalue weighted by molar-refractivity contribution is 0.0727. The predicted molar refractivity (Wildman–Crippen MR) is 133 cm³/mol. The van der Waals surface area contributed by atoms with E-state index in [0.717, 1.165) is 48.4 Å². The molecule has 0 unspecified atom stereocenters. The number of carbonyl (C=O) groups is 1. The average Bonchev–Trinajstić information content (AvgIpc) is 3.55. The predicted octanol–water partition coefficient (Wildman–Crippen LogP) is 3.31. The normalized spacial score (nSPS) is 19.1. The summed E-state index contributed by atoms with van der Waals surface area (Å²) in [4.78, 5) is 15.4. The van der Waals surface area contributed by atoms with Crippen LogP contribution in [-0.4, -0.2) is 73.8 Å². The van der Waals surface area contributed by atoms with Crippen molar-refractivity contribution in [1.29, 1.82) is 0 Å². The number of fused-ring (bicyclic) bond motifs is 1. The minimum atomic E-state index is -0.320. The fraction of sp³-hybridized carbons (Fsp3) is 0.519. The Kier molecular flexibility index (Phi) is 7.38. The molecule has 5 rings (SSSR count). The summed E-state index contributed by atoms with van der Waals surface area (Å²) in [5.41, 5.74) is 3.16. The number of methoxy groups -OCH3 is 1. The quantitative estimate of drug-likeness (QED) is 0.428. The molecular weight excluding hydrogens is 464 g/mol. The van der Waals surface area contributed by atoms with Gasteiger partial charge in [0.2, 0.25) is 0 Å². The second kappa shape index (κ2) is 10.8. The van der Waals surface area contributed by atoms with Crippen molar-refractivity contribution in [3.63, 3.8) is 0 Å². The number of hydrogen-bond donors (Lipinski definition) is 3. The number of benzene rings is 2. The Morgan fingerprint density at radius 1 is 1.14 bits per heavy atom. The van der Waals surface area contributed by atoms with Crippen LogP contribution in [0, 0.1) is 5.92 Å². The molecule has 9 nitrogen and oxygen atoms in total. The molecule has 0 radical (unpaired) electrons. The fourth-order valence-corrected chi connectivity index (χ4v) is 4.70. The van der Waals surface area contributed by atoms with E-state index in [1.807, 2.05) is 12.1 Å². The number of amides is 1. The van der Waals surface area contributed by atoms with Crippen LogP contribution in [0.3, 0.4) is 0 Å². The van der Waals surface area contributed by atoms with E-state index in [1.54, 1.807) is 12.0 Å². The van der Waals surface area contributed by atoms with Gasteiger partial charge < -0.3 is 39.4 Å². The Morgan fingerprint density at radius 2 is 2.00 bits per heavy atom. The van der Waals surface area contributed by atoms with Crippen LogP contribution in [-0.2, 0) is 22.4 Å². The van der Waals surface area contributed by atoms with Gasteiger partial charge in [-0.1, -0.05) is 0 Å². The highest BCUT2D eigenvalue weighted by molar-refractivity contribution is 6.00. The van der Waals surface area contributed by atoms with Crippen LogP contribution in [0.4, 0.5) is 5.69 Å². The molecule has 2 fully saturated rings. The molecule has 2 aromatic carbocycles. The van der Waals surface area contributed by atoms with Gasteiger partial charge in [0.15, 0.2) is 0 Å². The number of hydrogen-bond acceptors (Lipinski definition) is 8. The second-order valence-corrected chi connectivity index (χ2v) is 9.72. The van der Waals surface area contributed by atoms with Gasteiger partial charge in [-0.15, -0.1) is 0 Å². The molecule has 2 heterocycles. The van der Waals surface area contributed by atoms with Crippen molar-refractivity contribution in [3.05, 3.63) is 41.0 Å². The zero-order chi connectivity index (χ0) is 25.1. The van der Waals surface area contributed by atoms with Crippen molar-refractivity contribution in [1.82, 2.24) is 4.90 Å². The van der Waals surface area contributed by atoms with Crippen LogP contribution in [0.5, 0.6) is 23.0 Å². The summed E-state index contributed by atoms with van der Waals surface area (Å²) in [6.45, 7) is 3.64. The maximum Gasteiger partial charge on any atom is 0.261 e. The number of carbonyl (C=O) groups excluding carboxylic acids is 1. The third kappa shape index (κ3) is 5.63. The van der Waals surface area contributed by atoms with Crippen molar-refractivity contribution in [3.8, 4) is 23.0 Å². The number of nitrogens with zero attached hydrogens (tertiary/aromatic N) is 1. The minimum Gasteiger partial charge on any atom is -0.508 e. The van der Waals surface area contributed by atoms with Gasteiger partial charge in [0, 0.05) is 50.7 Å². The van der Waals surface area contributed by atoms with Crippen LogP contribution in [0.2, 0.25) is 0 Å². The first-order valence-corrected chi connectivity index (χ1v) is 12.6. The molecule has 0 bridgehead atoms. The van der Waals surface area contributed by atoms with E-state index in [1.165, 1.54) is 12.1 Å². The van der Waals surface area contributed by atoms with Gasteiger partial charge in [0.1, 0.15) is 35.2 Å². The van der Waals surface area contributed by atoms with E-state index in [2.05, 4.69) is 5.32 Å². The maximum absolute atomic E-state index is 13.6. The standard InChI is InChI=1S/C27H34N2O7/c1-33-8-9-35-21-10-18-4-6-29(14-22(18)23(13-21)28-19-5-7-34-16-19)27(32)26-24(31)11-20(30)12-25(26)36-15-17-2-3-17/h10-13,17,19,28,30-31H,2-9,14-16H2,1H3/t19-/m1/s1. The molecule has 1 aliphatic carbocycles. The molecule has 2 aromatic rings. The largest absolute Gasteiger partial charge is 0.508 e. The minimum absolute atomic E-state index is 0.0927. The van der Waals surface area contributed by atoms with Gasteiger partial charge in [0.05, 0.1) is 25.9 Å². The highest BCUT2D eigenvalue weighted by Gasteiger charge is 2.31. The van der Waals surface area contributed by atoms with Crippen molar-refractivity contribution in [2.45, 2.75) is 38.3 Å². The van der Waals surface area contributed by atoms with Gasteiger partial charge >= 0.3 is 0 Å². The first kappa shape index (κ1) is 24.5. The highest BCUT2D eigenvalue weighted by atomic mass is 16.5. The Labute approximate surface area is 210 Å². The summed E-state index contributed by atoms with van der Waals surface area (Å²) in [5, 5.41) is 24.2. The summed E-state index contributed by atoms with van der Waals surface area (Å²) < 4.78 is 22.4. The number of phenols is 2. The van der Waals surface area contributed by atoms with E-state index in [4.69, 9.17) is 18.9 Å². The molecule has 9 heteroatoms. The molecule has 2 aliphatic heterocycles. The van der Waals surface area contributed by atoms with Crippen LogP contribution < -0.4 is 14.8 Å². The van der Waals surface area contributed by atoms with Gasteiger partial charge in [0.25, 0.3) is 5.91 Å². The Morgan fingerprint density at radius 3 is 2.75 bits per heavy atom. The molecule has 36 heavy (non-hydrogen) atoms. The van der Waals surface area contributed by atoms with E-state index >= 15 is 0 Å². The van der Waals surface area contributed by atoms with Gasteiger partial charge in [-0.05, 0) is 48.8 Å². The molecule has 0 spiro atoms. The molecule has 1 saturated heterocycles. The van der Waals surface area contributed by atoms with E-state index in [-0.39, 0.29) is 34.8 Å². The van der Waals surface area contributed by atoms with Crippen LogP contribution in [0.15, 0.2) is 24.3 Å². The van der Waals surface area contributed by atoms with Crippen LogP contribution >= 0.6 is 0 Å². The van der Waals surface area contributed by atoms with Crippen molar-refractivity contribution in [2.24, 2.45) is 5.92 Å². The Bertz CT molecular complexity index is 1100. The lowest BCUT2D eigenvalue weighted by Gasteiger charge is -2.32. The monoisotopic (exact) mass is 498 g/mol. The molecule has 3 N–H and O–H groups in total. The molecular formula is C27H34N2O7. The van der Waals surface area contributed by atoms with E-state index in [9.17, 15) is 15.0 Å². The lowest BCUT2D eigenvalue weighted by atomic mass is 9.96. The first-order chi connectivity index (χ1) is 17.5. The first-order valence-electron chi connectivity index (χ1n) is 12.6. The van der Waals surface area contributed by atoms with E-state index in [0.29, 0.717) is 51.9 Å². The maximum atomic E-state index is 13.6. The van der Waals surface area contributed by atoms with Crippen molar-refractivity contribution < 1.29 is 34.0 Å². The fourth-order valence-electron chi connectivity index (χ4n) is 4.70. The third-order valence-corrected chi connectivity index (χ3v) is 6.90. The summed E-state index contributed by atoms with van der Waals surface area (Å²) in [5.74, 6) is 0.717. The Balaban J connectivity index is 1.40. The number of ether oxygens (including phenoxy) is 4. The molecule has 1 atom stereocenters. The van der Waals surface area contributed by atoms with Gasteiger partial charge in [-0.3, -0.25) is 4.79 Å². The molecule has 0 aromatic heterocycles. The zero-order valence-electron chi connectivity index (χ0n) is 20.6. The zero-order valence-corrected chi connectivity index (χ0v) is 20.6. The average molecular weight is 499 g/mol. The number of anilines is 1. The Hall–Kier alpha value is -3.17. The van der Waals surface area contributed by atoms with Gasteiger partial charge in [-0.25, -0.2) is 0 Å². The number of nitrogens with one attached hydrogen (secondary N) is 1. The number of phenolic OH excluding ortho intramolecular Hbond substituents is 2. The van der Waals surface area contributed by atoms with Gasteiger partial charge in [-0.2, -0.15) is 0 Å². The SMILES string of the molecule is COCCOc1cc2c(c(N[C@@H]3CCOC3)c1)CN(C(=O)c1c(O)cc(O)cc1OCC1CC1)CC2. The smallest absolute Gasteiger partial charge is 0.261 e. The topological polar surface area (TPSA) is 110 Å². The molecule has 1 saturated carbocycles. The summed E-state index contributed by atoms with van der Waals surface area (Å²) in [7, 11) is 1.64. The van der Waals surface area contributed by atoms with Crippen LogP contribution in [0.1, 0.15) is 40.7 Å². The van der Waals surface area contributed by atoms with Crippen molar-refractivity contribution in [2.75, 3.05) is 52.0 Å². The van der Waals surface area contributed by atoms with Crippen molar-refractivity contribution >= 4 is 11.6 Å². The lowest BCUT2D eigenvalue weighted by Crippen LogP contribution is -2.37. The molecule has 1 amide bonds. The molecule has 194 valence electrons. The number of aromatic hydroxyl groups is 2. The number of rotatable bonds is 10. The third-order valence-electron chi connectivity index (χ3n) is 6.90. The molecule has 3 aliphatic rings. The highest BCUT2D eigenvalue weighted by Crippen LogP contribution is 2.38. The summed E-state index contributed by atoms with van der Waals surface area (Å²) >= 11 is 0. The van der Waals surface area contributed by atoms with Crippen LogP contribution in [0.25, 0.3) is 0 Å². The summed E-state index contributed by atoms with van der Waals surface area (Å²) in [6.07, 6.45) is 3.75.